The summed E-state index contributed by atoms with van der Waals surface area (Å²) in [6.07, 6.45) is 12.7. The number of nitrogens with one attached hydrogen (secondary N) is 1. The lowest BCUT2D eigenvalue weighted by molar-refractivity contribution is 0.0313. The second-order valence-corrected chi connectivity index (χ2v) is 7.26. The fourth-order valence-electron chi connectivity index (χ4n) is 4.09. The van der Waals surface area contributed by atoms with Crippen LogP contribution in [0.1, 0.15) is 46.0 Å². The van der Waals surface area contributed by atoms with E-state index < -0.39 is 0 Å². The molecule has 1 aliphatic carbocycles. The predicted octanol–water partition coefficient (Wildman–Crippen LogP) is 2.52. The second kappa shape index (κ2) is 6.49. The lowest BCUT2D eigenvalue weighted by Gasteiger charge is -2.49. The number of aromatic nitrogens is 2. The predicted molar refractivity (Wildman–Crippen MR) is 86.2 cm³/mol. The van der Waals surface area contributed by atoms with Gasteiger partial charge >= 0.3 is 0 Å². The highest BCUT2D eigenvalue weighted by atomic mass is 15.3. The van der Waals surface area contributed by atoms with Gasteiger partial charge in [-0.25, -0.2) is 4.98 Å². The van der Waals surface area contributed by atoms with E-state index >= 15 is 0 Å². The van der Waals surface area contributed by atoms with E-state index in [-0.39, 0.29) is 0 Å². The van der Waals surface area contributed by atoms with Crippen molar-refractivity contribution in [1.82, 2.24) is 19.8 Å². The van der Waals surface area contributed by atoms with Gasteiger partial charge in [-0.1, -0.05) is 26.7 Å². The van der Waals surface area contributed by atoms with Gasteiger partial charge in [-0.05, 0) is 25.2 Å². The van der Waals surface area contributed by atoms with Crippen LogP contribution in [0.3, 0.4) is 0 Å². The fraction of sp³-hybridized carbons (Fsp3) is 0.824. The van der Waals surface area contributed by atoms with Crippen LogP contribution in [-0.2, 0) is 6.54 Å². The zero-order valence-electron chi connectivity index (χ0n) is 13.6. The van der Waals surface area contributed by atoms with Gasteiger partial charge < -0.3 is 9.88 Å². The van der Waals surface area contributed by atoms with Crippen LogP contribution >= 0.6 is 0 Å². The molecule has 2 fully saturated rings. The molecule has 1 spiro atoms. The molecule has 0 amide bonds. The topological polar surface area (TPSA) is 33.1 Å². The highest BCUT2D eigenvalue weighted by Gasteiger charge is 2.43. The highest BCUT2D eigenvalue weighted by Crippen LogP contribution is 2.37. The molecule has 21 heavy (non-hydrogen) atoms. The molecule has 2 aliphatic rings. The fourth-order valence-corrected chi connectivity index (χ4v) is 4.09. The van der Waals surface area contributed by atoms with Crippen LogP contribution in [0.5, 0.6) is 0 Å². The summed E-state index contributed by atoms with van der Waals surface area (Å²) >= 11 is 0. The number of aryl methyl sites for hydroxylation is 1. The molecule has 0 aromatic carbocycles. The van der Waals surface area contributed by atoms with Crippen molar-refractivity contribution in [3.05, 3.63) is 18.7 Å². The van der Waals surface area contributed by atoms with E-state index in [9.17, 15) is 0 Å². The Morgan fingerprint density at radius 2 is 2.10 bits per heavy atom. The lowest BCUT2D eigenvalue weighted by Crippen LogP contribution is -2.64. The molecule has 3 rings (SSSR count). The zero-order chi connectivity index (χ0) is 14.7. The SMILES string of the molecule is CC(C)C1CN(CCCn2ccnc2)C2(CCCC2)CN1. The molecular formula is C17H30N4. The maximum Gasteiger partial charge on any atom is 0.0945 e. The van der Waals surface area contributed by atoms with E-state index in [1.54, 1.807) is 0 Å². The van der Waals surface area contributed by atoms with E-state index in [0.717, 1.165) is 12.5 Å². The molecule has 1 aromatic rings. The summed E-state index contributed by atoms with van der Waals surface area (Å²) in [5.74, 6) is 0.722. The van der Waals surface area contributed by atoms with E-state index in [0.29, 0.717) is 11.6 Å². The summed E-state index contributed by atoms with van der Waals surface area (Å²) in [5, 5.41) is 3.83. The van der Waals surface area contributed by atoms with E-state index in [1.165, 1.54) is 51.7 Å². The maximum atomic E-state index is 4.13. The summed E-state index contributed by atoms with van der Waals surface area (Å²) in [6, 6.07) is 0.657. The Kier molecular flexibility index (Phi) is 4.65. The van der Waals surface area contributed by atoms with Crippen LogP contribution in [-0.4, -0.2) is 45.7 Å². The minimum absolute atomic E-state index is 0.459. The smallest absolute Gasteiger partial charge is 0.0945 e. The monoisotopic (exact) mass is 290 g/mol. The number of imidazole rings is 1. The van der Waals surface area contributed by atoms with E-state index in [1.807, 2.05) is 12.5 Å². The van der Waals surface area contributed by atoms with E-state index in [2.05, 4.69) is 39.8 Å². The average molecular weight is 290 g/mol. The van der Waals surface area contributed by atoms with Crippen LogP contribution in [0.25, 0.3) is 0 Å². The zero-order valence-corrected chi connectivity index (χ0v) is 13.6. The third-order valence-corrected chi connectivity index (χ3v) is 5.52. The lowest BCUT2D eigenvalue weighted by atomic mass is 9.88. The Morgan fingerprint density at radius 1 is 1.29 bits per heavy atom. The summed E-state index contributed by atoms with van der Waals surface area (Å²) in [7, 11) is 0. The molecule has 1 atom stereocenters. The quantitative estimate of drug-likeness (QED) is 0.904. The number of hydrogen-bond donors (Lipinski definition) is 1. The first kappa shape index (κ1) is 15.0. The minimum atomic E-state index is 0.459. The van der Waals surface area contributed by atoms with E-state index in [4.69, 9.17) is 0 Å². The molecule has 1 aliphatic heterocycles. The number of rotatable bonds is 5. The van der Waals surface area contributed by atoms with Gasteiger partial charge in [0.05, 0.1) is 6.33 Å². The van der Waals surface area contributed by atoms with Gasteiger partial charge in [-0.2, -0.15) is 0 Å². The summed E-state index contributed by atoms with van der Waals surface area (Å²) < 4.78 is 2.20. The summed E-state index contributed by atoms with van der Waals surface area (Å²) in [4.78, 5) is 6.95. The standard InChI is InChI=1S/C17H30N4/c1-15(2)16-12-21(10-5-9-20-11-8-18-14-20)17(13-19-16)6-3-4-7-17/h8,11,14-16,19H,3-7,9-10,12-13H2,1-2H3. The minimum Gasteiger partial charge on any atom is -0.337 e. The Labute approximate surface area is 128 Å². The molecule has 1 aromatic heterocycles. The molecule has 1 saturated carbocycles. The van der Waals surface area contributed by atoms with Crippen LogP contribution in [0.2, 0.25) is 0 Å². The Morgan fingerprint density at radius 3 is 2.76 bits per heavy atom. The molecular weight excluding hydrogens is 260 g/mol. The van der Waals surface area contributed by atoms with Gasteiger partial charge in [0.1, 0.15) is 0 Å². The van der Waals surface area contributed by atoms with Crippen molar-refractivity contribution in [1.29, 1.82) is 0 Å². The largest absolute Gasteiger partial charge is 0.337 e. The van der Waals surface area contributed by atoms with Crippen molar-refractivity contribution >= 4 is 0 Å². The summed E-state index contributed by atoms with van der Waals surface area (Å²) in [6.45, 7) is 9.42. The molecule has 4 nitrogen and oxygen atoms in total. The van der Waals surface area contributed by atoms with Crippen molar-refractivity contribution in [3.8, 4) is 0 Å². The highest BCUT2D eigenvalue weighted by molar-refractivity contribution is 5.02. The van der Waals surface area contributed by atoms with Crippen molar-refractivity contribution in [2.45, 2.75) is 64.1 Å². The molecule has 1 N–H and O–H groups in total. The van der Waals surface area contributed by atoms with Gasteiger partial charge in [0.25, 0.3) is 0 Å². The van der Waals surface area contributed by atoms with Crippen molar-refractivity contribution in [2.75, 3.05) is 19.6 Å². The van der Waals surface area contributed by atoms with Crippen LogP contribution in [0.15, 0.2) is 18.7 Å². The van der Waals surface area contributed by atoms with Crippen LogP contribution in [0.4, 0.5) is 0 Å². The average Bonchev–Trinajstić information content (AvgIpc) is 3.13. The summed E-state index contributed by atoms with van der Waals surface area (Å²) in [5.41, 5.74) is 0.459. The van der Waals surface area contributed by atoms with Gasteiger partial charge in [-0.3, -0.25) is 4.90 Å². The third kappa shape index (κ3) is 3.32. The van der Waals surface area contributed by atoms with Gasteiger partial charge in [-0.15, -0.1) is 0 Å². The maximum absolute atomic E-state index is 4.13. The van der Waals surface area contributed by atoms with Crippen molar-refractivity contribution in [3.63, 3.8) is 0 Å². The normalized spacial score (nSPS) is 26.0. The Balaban J connectivity index is 1.59. The molecule has 118 valence electrons. The van der Waals surface area contributed by atoms with Gasteiger partial charge in [0.15, 0.2) is 0 Å². The van der Waals surface area contributed by atoms with Crippen LogP contribution in [0, 0.1) is 5.92 Å². The van der Waals surface area contributed by atoms with Gasteiger partial charge in [0, 0.05) is 50.2 Å². The molecule has 0 radical (unpaired) electrons. The number of nitrogens with zero attached hydrogens (tertiary/aromatic N) is 3. The number of hydrogen-bond acceptors (Lipinski definition) is 3. The molecule has 1 saturated heterocycles. The van der Waals surface area contributed by atoms with Crippen molar-refractivity contribution < 1.29 is 0 Å². The first-order valence-electron chi connectivity index (χ1n) is 8.64. The Hall–Kier alpha value is -0.870. The third-order valence-electron chi connectivity index (χ3n) is 5.52. The van der Waals surface area contributed by atoms with Crippen LogP contribution < -0.4 is 5.32 Å². The molecule has 2 heterocycles. The molecule has 0 bridgehead atoms. The Bertz CT molecular complexity index is 420. The molecule has 1 unspecified atom stereocenters. The second-order valence-electron chi connectivity index (χ2n) is 7.26. The van der Waals surface area contributed by atoms with Crippen molar-refractivity contribution in [2.24, 2.45) is 5.92 Å². The molecule has 4 heteroatoms. The first-order chi connectivity index (χ1) is 10.2. The first-order valence-corrected chi connectivity index (χ1v) is 8.64. The van der Waals surface area contributed by atoms with Gasteiger partial charge in [0.2, 0.25) is 0 Å². The number of piperazine rings is 1.